The summed E-state index contributed by atoms with van der Waals surface area (Å²) in [5.41, 5.74) is 0.840. The predicted molar refractivity (Wildman–Crippen MR) is 151 cm³/mol. The van der Waals surface area contributed by atoms with Crippen molar-refractivity contribution < 1.29 is 18.0 Å². The first-order valence-electron chi connectivity index (χ1n) is 14.2. The molecule has 0 bridgehead atoms. The molecule has 0 aromatic heterocycles. The molecule has 1 aliphatic heterocycles. The number of halogens is 1. The number of rotatable bonds is 8. The maximum Gasteiger partial charge on any atom is 0.243 e. The standard InChI is InChI=1S/C30H38ClN3O4S/c31-25-17-15-22(16-18-25)20-34(39(37,38)26-11-2-1-3-12-26)28-14-5-4-13-27(28)32-29(35)24-10-7-19-33(21-24)30(36)23-8-6-9-23/h1-3,11-12,15-18,23-24,27-28H,4-10,13-14,19-21H2,(H,32,35)/t24-,27-,28-/m1/s1. The van der Waals surface area contributed by atoms with Gasteiger partial charge in [-0.1, -0.05) is 61.2 Å². The molecule has 7 nitrogen and oxygen atoms in total. The Morgan fingerprint density at radius 2 is 1.56 bits per heavy atom. The molecule has 2 aromatic rings. The lowest BCUT2D eigenvalue weighted by molar-refractivity contribution is -0.141. The van der Waals surface area contributed by atoms with Crippen LogP contribution in [0, 0.1) is 11.8 Å². The third-order valence-electron chi connectivity index (χ3n) is 8.59. The van der Waals surface area contributed by atoms with Gasteiger partial charge in [-0.05, 0) is 68.4 Å². The summed E-state index contributed by atoms with van der Waals surface area (Å²) in [7, 11) is -3.83. The van der Waals surface area contributed by atoms with Gasteiger partial charge in [0.25, 0.3) is 0 Å². The summed E-state index contributed by atoms with van der Waals surface area (Å²) in [5.74, 6) is -0.0149. The normalized spacial score (nSPS) is 24.3. The fourth-order valence-electron chi connectivity index (χ4n) is 6.11. The first-order valence-corrected chi connectivity index (χ1v) is 16.1. The molecule has 2 amide bonds. The van der Waals surface area contributed by atoms with Gasteiger partial charge in [-0.15, -0.1) is 0 Å². The van der Waals surface area contributed by atoms with E-state index < -0.39 is 10.0 Å². The second-order valence-corrected chi connectivity index (χ2v) is 13.5. The van der Waals surface area contributed by atoms with Gasteiger partial charge in [0.05, 0.1) is 10.8 Å². The van der Waals surface area contributed by atoms with Crippen molar-refractivity contribution in [1.82, 2.24) is 14.5 Å². The van der Waals surface area contributed by atoms with Crippen LogP contribution < -0.4 is 5.32 Å². The topological polar surface area (TPSA) is 86.8 Å². The van der Waals surface area contributed by atoms with E-state index in [2.05, 4.69) is 5.32 Å². The van der Waals surface area contributed by atoms with Crippen LogP contribution in [-0.2, 0) is 26.2 Å². The quantitative estimate of drug-likeness (QED) is 0.483. The summed E-state index contributed by atoms with van der Waals surface area (Å²) in [6.45, 7) is 1.36. The van der Waals surface area contributed by atoms with E-state index in [1.165, 1.54) is 0 Å². The maximum absolute atomic E-state index is 14.0. The number of carbonyl (C=O) groups excluding carboxylic acids is 2. The maximum atomic E-state index is 14.0. The minimum Gasteiger partial charge on any atom is -0.351 e. The number of nitrogens with zero attached hydrogens (tertiary/aromatic N) is 2. The molecule has 3 aliphatic rings. The van der Waals surface area contributed by atoms with Gasteiger partial charge in [-0.3, -0.25) is 9.59 Å². The van der Waals surface area contributed by atoms with Crippen LogP contribution in [0.4, 0.5) is 0 Å². The summed E-state index contributed by atoms with van der Waals surface area (Å²) in [6.07, 6.45) is 7.78. The molecule has 9 heteroatoms. The van der Waals surface area contributed by atoms with Crippen molar-refractivity contribution in [3.63, 3.8) is 0 Å². The lowest BCUT2D eigenvalue weighted by Gasteiger charge is -2.41. The van der Waals surface area contributed by atoms with E-state index in [9.17, 15) is 18.0 Å². The molecule has 39 heavy (non-hydrogen) atoms. The number of likely N-dealkylation sites (tertiary alicyclic amines) is 1. The third kappa shape index (κ3) is 6.50. The van der Waals surface area contributed by atoms with Crippen molar-refractivity contribution in [3.8, 4) is 0 Å². The van der Waals surface area contributed by atoms with Crippen LogP contribution in [0.2, 0.25) is 5.02 Å². The zero-order valence-electron chi connectivity index (χ0n) is 22.3. The summed E-state index contributed by atoms with van der Waals surface area (Å²) in [5, 5.41) is 3.84. The van der Waals surface area contributed by atoms with E-state index in [0.29, 0.717) is 18.0 Å². The number of amides is 2. The van der Waals surface area contributed by atoms with Crippen molar-refractivity contribution in [2.75, 3.05) is 13.1 Å². The van der Waals surface area contributed by atoms with E-state index in [0.717, 1.165) is 63.5 Å². The molecule has 2 aromatic carbocycles. The second-order valence-electron chi connectivity index (χ2n) is 11.2. The minimum absolute atomic E-state index is 0.0680. The highest BCUT2D eigenvalue weighted by atomic mass is 35.5. The van der Waals surface area contributed by atoms with Gasteiger partial charge in [-0.2, -0.15) is 4.31 Å². The highest BCUT2D eigenvalue weighted by Gasteiger charge is 2.40. The number of hydrogen-bond donors (Lipinski definition) is 1. The smallest absolute Gasteiger partial charge is 0.243 e. The molecule has 1 N–H and O–H groups in total. The van der Waals surface area contributed by atoms with E-state index in [1.54, 1.807) is 46.8 Å². The van der Waals surface area contributed by atoms with Crippen molar-refractivity contribution in [3.05, 3.63) is 65.2 Å². The van der Waals surface area contributed by atoms with Gasteiger partial charge < -0.3 is 10.2 Å². The van der Waals surface area contributed by atoms with Gasteiger partial charge in [0, 0.05) is 42.7 Å². The summed E-state index contributed by atoms with van der Waals surface area (Å²) in [6, 6.07) is 15.1. The molecule has 2 aliphatic carbocycles. The lowest BCUT2D eigenvalue weighted by atomic mass is 9.83. The Morgan fingerprint density at radius 3 is 2.26 bits per heavy atom. The Kier molecular flexibility index (Phi) is 8.94. The van der Waals surface area contributed by atoms with Crippen molar-refractivity contribution in [2.24, 2.45) is 11.8 Å². The first kappa shape index (κ1) is 28.1. The van der Waals surface area contributed by atoms with Gasteiger partial charge in [-0.25, -0.2) is 8.42 Å². The van der Waals surface area contributed by atoms with Crippen LogP contribution in [0.3, 0.4) is 0 Å². The molecule has 1 saturated heterocycles. The number of carbonyl (C=O) groups is 2. The summed E-state index contributed by atoms with van der Waals surface area (Å²) < 4.78 is 29.6. The molecule has 0 radical (unpaired) electrons. The molecule has 0 spiro atoms. The Hall–Kier alpha value is -2.42. The van der Waals surface area contributed by atoms with Crippen molar-refractivity contribution in [2.45, 2.75) is 81.3 Å². The molecular formula is C30H38ClN3O4S. The number of hydrogen-bond acceptors (Lipinski definition) is 4. The van der Waals surface area contributed by atoms with Crippen LogP contribution in [0.25, 0.3) is 0 Å². The molecule has 2 saturated carbocycles. The Morgan fingerprint density at radius 1 is 0.872 bits per heavy atom. The van der Waals surface area contributed by atoms with Crippen LogP contribution in [-0.4, -0.2) is 54.6 Å². The summed E-state index contributed by atoms with van der Waals surface area (Å²) >= 11 is 6.09. The average Bonchev–Trinajstić information content (AvgIpc) is 2.92. The number of sulfonamides is 1. The second kappa shape index (κ2) is 12.4. The Labute approximate surface area is 236 Å². The monoisotopic (exact) mass is 571 g/mol. The lowest BCUT2D eigenvalue weighted by Crippen LogP contribution is -2.56. The fraction of sp³-hybridized carbons (Fsp3) is 0.533. The van der Waals surface area contributed by atoms with Crippen LogP contribution >= 0.6 is 11.6 Å². The third-order valence-corrected chi connectivity index (χ3v) is 10.7. The largest absolute Gasteiger partial charge is 0.351 e. The zero-order valence-corrected chi connectivity index (χ0v) is 23.9. The van der Waals surface area contributed by atoms with Crippen molar-refractivity contribution in [1.29, 1.82) is 0 Å². The van der Waals surface area contributed by atoms with E-state index >= 15 is 0 Å². The van der Waals surface area contributed by atoms with Crippen LogP contribution in [0.15, 0.2) is 59.5 Å². The van der Waals surface area contributed by atoms with Crippen LogP contribution in [0.1, 0.15) is 63.4 Å². The zero-order chi connectivity index (χ0) is 27.4. The number of benzene rings is 2. The predicted octanol–water partition coefficient (Wildman–Crippen LogP) is 5.00. The molecule has 0 unspecified atom stereocenters. The van der Waals surface area contributed by atoms with Gasteiger partial charge in [0.2, 0.25) is 21.8 Å². The van der Waals surface area contributed by atoms with E-state index in [1.807, 2.05) is 17.0 Å². The van der Waals surface area contributed by atoms with Gasteiger partial charge in [0.1, 0.15) is 0 Å². The van der Waals surface area contributed by atoms with E-state index in [4.69, 9.17) is 11.6 Å². The Balaban J connectivity index is 1.36. The van der Waals surface area contributed by atoms with Gasteiger partial charge >= 0.3 is 0 Å². The van der Waals surface area contributed by atoms with E-state index in [-0.39, 0.29) is 47.2 Å². The van der Waals surface area contributed by atoms with Crippen molar-refractivity contribution >= 4 is 33.4 Å². The Bertz CT molecular complexity index is 1250. The average molecular weight is 572 g/mol. The van der Waals surface area contributed by atoms with Crippen LogP contribution in [0.5, 0.6) is 0 Å². The molecule has 210 valence electrons. The highest BCUT2D eigenvalue weighted by Crippen LogP contribution is 2.32. The number of piperidine rings is 1. The molecule has 5 rings (SSSR count). The molecule has 1 heterocycles. The number of nitrogens with one attached hydrogen (secondary N) is 1. The summed E-state index contributed by atoms with van der Waals surface area (Å²) in [4.78, 5) is 28.5. The SMILES string of the molecule is O=C(N[C@@H]1CCCC[C@H]1N(Cc1ccc(Cl)cc1)S(=O)(=O)c1ccccc1)[C@@H]1CCCN(C(=O)C2CCC2)C1. The highest BCUT2D eigenvalue weighted by molar-refractivity contribution is 7.89. The molecule has 3 fully saturated rings. The first-order chi connectivity index (χ1) is 18.8. The van der Waals surface area contributed by atoms with Gasteiger partial charge in [0.15, 0.2) is 0 Å². The molecule has 3 atom stereocenters. The minimum atomic E-state index is -3.83. The molecular weight excluding hydrogens is 534 g/mol. The fourth-order valence-corrected chi connectivity index (χ4v) is 7.93.